The van der Waals surface area contributed by atoms with Crippen molar-refractivity contribution in [2.45, 2.75) is 19.1 Å². The molecule has 0 fully saturated rings. The van der Waals surface area contributed by atoms with Crippen LogP contribution in [-0.4, -0.2) is 29.1 Å². The van der Waals surface area contributed by atoms with Crippen molar-refractivity contribution >= 4 is 24.2 Å². The van der Waals surface area contributed by atoms with Crippen LogP contribution in [0.4, 0.5) is 5.69 Å². The van der Waals surface area contributed by atoms with Gasteiger partial charge in [0.2, 0.25) is 0 Å². The Morgan fingerprint density at radius 3 is 2.70 bits per heavy atom. The quantitative estimate of drug-likeness (QED) is 0.715. The summed E-state index contributed by atoms with van der Waals surface area (Å²) in [4.78, 5) is 14.5. The van der Waals surface area contributed by atoms with Crippen LogP contribution in [-0.2, 0) is 13.1 Å². The van der Waals surface area contributed by atoms with E-state index in [2.05, 4.69) is 17.9 Å². The molecule has 0 spiro atoms. The molecule has 0 aromatic heterocycles. The number of nitrogens with two attached hydrogens (primary N) is 1. The van der Waals surface area contributed by atoms with E-state index in [0.29, 0.717) is 25.4 Å². The number of fused-ring (bicyclic) bond motifs is 1. The van der Waals surface area contributed by atoms with Gasteiger partial charge in [-0.3, -0.25) is 4.79 Å². The molecule has 1 heterocycles. The Kier molecular flexibility index (Phi) is 4.88. The normalized spacial score (nSPS) is 14.7. The van der Waals surface area contributed by atoms with Crippen LogP contribution in [0.1, 0.15) is 21.5 Å². The first-order valence-corrected chi connectivity index (χ1v) is 8.37. The summed E-state index contributed by atoms with van der Waals surface area (Å²) in [5, 5.41) is 3.35. The molecule has 5 heteroatoms. The highest BCUT2D eigenvalue weighted by atomic mass is 32.1. The first-order valence-electron chi connectivity index (χ1n) is 7.74. The fourth-order valence-electron chi connectivity index (χ4n) is 2.79. The second kappa shape index (κ2) is 7.06. The van der Waals surface area contributed by atoms with Gasteiger partial charge in [-0.1, -0.05) is 36.4 Å². The molecular formula is C18H21N3OS. The second-order valence-electron chi connectivity index (χ2n) is 5.80. The van der Waals surface area contributed by atoms with E-state index in [1.165, 1.54) is 0 Å². The first kappa shape index (κ1) is 15.9. The van der Waals surface area contributed by atoms with Crippen LogP contribution in [0.3, 0.4) is 0 Å². The number of carbonyl (C=O) groups excluding carboxylic acids is 1. The SMILES string of the molecule is NC(CS)CNc1cccc2c1CN(Cc1ccccc1)C2=O. The van der Waals surface area contributed by atoms with Crippen LogP contribution in [0.25, 0.3) is 0 Å². The Hall–Kier alpha value is -1.98. The number of benzene rings is 2. The minimum Gasteiger partial charge on any atom is -0.383 e. The average Bonchev–Trinajstić information content (AvgIpc) is 2.90. The maximum atomic E-state index is 12.6. The van der Waals surface area contributed by atoms with E-state index in [-0.39, 0.29) is 11.9 Å². The average molecular weight is 327 g/mol. The minimum atomic E-state index is -0.00767. The van der Waals surface area contributed by atoms with Crippen LogP contribution in [0.5, 0.6) is 0 Å². The van der Waals surface area contributed by atoms with Crippen LogP contribution < -0.4 is 11.1 Å². The predicted octanol–water partition coefficient (Wildman–Crippen LogP) is 2.51. The van der Waals surface area contributed by atoms with E-state index in [0.717, 1.165) is 22.4 Å². The molecule has 1 atom stereocenters. The number of nitrogens with one attached hydrogen (secondary N) is 1. The van der Waals surface area contributed by atoms with Gasteiger partial charge in [-0.2, -0.15) is 12.6 Å². The van der Waals surface area contributed by atoms with Crippen molar-refractivity contribution < 1.29 is 4.79 Å². The zero-order valence-electron chi connectivity index (χ0n) is 12.9. The highest BCUT2D eigenvalue weighted by Gasteiger charge is 2.29. The lowest BCUT2D eigenvalue weighted by Gasteiger charge is -2.16. The van der Waals surface area contributed by atoms with Gasteiger partial charge in [0.25, 0.3) is 5.91 Å². The third-order valence-electron chi connectivity index (χ3n) is 4.05. The van der Waals surface area contributed by atoms with Crippen molar-refractivity contribution in [3.05, 3.63) is 65.2 Å². The van der Waals surface area contributed by atoms with E-state index >= 15 is 0 Å². The van der Waals surface area contributed by atoms with Gasteiger partial charge in [0.15, 0.2) is 0 Å². The van der Waals surface area contributed by atoms with Gasteiger partial charge in [-0.25, -0.2) is 0 Å². The fourth-order valence-corrected chi connectivity index (χ4v) is 2.92. The van der Waals surface area contributed by atoms with Crippen molar-refractivity contribution in [3.8, 4) is 0 Å². The molecule has 120 valence electrons. The lowest BCUT2D eigenvalue weighted by atomic mass is 10.1. The van der Waals surface area contributed by atoms with Gasteiger partial charge in [0, 0.05) is 48.2 Å². The summed E-state index contributed by atoms with van der Waals surface area (Å²) in [5.74, 6) is 0.715. The summed E-state index contributed by atoms with van der Waals surface area (Å²) in [6, 6.07) is 15.9. The Balaban J connectivity index is 1.76. The topological polar surface area (TPSA) is 58.4 Å². The predicted molar refractivity (Wildman–Crippen MR) is 96.8 cm³/mol. The molecule has 2 aromatic carbocycles. The van der Waals surface area contributed by atoms with E-state index in [4.69, 9.17) is 5.73 Å². The number of rotatable bonds is 6. The molecule has 0 radical (unpaired) electrons. The maximum Gasteiger partial charge on any atom is 0.254 e. The molecule has 0 aliphatic carbocycles. The first-order chi connectivity index (χ1) is 11.2. The standard InChI is InChI=1S/C18H21N3OS/c19-14(12-23)9-20-17-8-4-7-15-16(17)11-21(18(15)22)10-13-5-2-1-3-6-13/h1-8,14,20,23H,9-12,19H2. The van der Waals surface area contributed by atoms with Gasteiger partial charge in [0.05, 0.1) is 0 Å². The zero-order valence-corrected chi connectivity index (χ0v) is 13.8. The number of hydrogen-bond acceptors (Lipinski definition) is 4. The molecule has 2 aromatic rings. The molecule has 4 nitrogen and oxygen atoms in total. The lowest BCUT2D eigenvalue weighted by molar-refractivity contribution is 0.0767. The fraction of sp³-hybridized carbons (Fsp3) is 0.278. The molecule has 0 saturated heterocycles. The largest absolute Gasteiger partial charge is 0.383 e. The smallest absolute Gasteiger partial charge is 0.254 e. The van der Waals surface area contributed by atoms with E-state index in [1.54, 1.807) is 0 Å². The Morgan fingerprint density at radius 2 is 1.96 bits per heavy atom. The van der Waals surface area contributed by atoms with Crippen molar-refractivity contribution in [2.75, 3.05) is 17.6 Å². The van der Waals surface area contributed by atoms with Crippen LogP contribution in [0.2, 0.25) is 0 Å². The molecular weight excluding hydrogens is 306 g/mol. The highest BCUT2D eigenvalue weighted by molar-refractivity contribution is 7.80. The lowest BCUT2D eigenvalue weighted by Crippen LogP contribution is -2.30. The third-order valence-corrected chi connectivity index (χ3v) is 4.52. The number of thiol groups is 1. The van der Waals surface area contributed by atoms with Gasteiger partial charge in [0.1, 0.15) is 0 Å². The van der Waals surface area contributed by atoms with Crippen molar-refractivity contribution in [1.29, 1.82) is 0 Å². The van der Waals surface area contributed by atoms with Gasteiger partial charge in [-0.15, -0.1) is 0 Å². The summed E-state index contributed by atoms with van der Waals surface area (Å²) in [6.45, 7) is 1.90. The van der Waals surface area contributed by atoms with Crippen LogP contribution in [0, 0.1) is 0 Å². The summed E-state index contributed by atoms with van der Waals surface area (Å²) >= 11 is 4.20. The summed E-state index contributed by atoms with van der Waals surface area (Å²) in [5.41, 5.74) is 9.87. The Morgan fingerprint density at radius 1 is 1.17 bits per heavy atom. The monoisotopic (exact) mass is 327 g/mol. The van der Waals surface area contributed by atoms with Crippen molar-refractivity contribution in [2.24, 2.45) is 5.73 Å². The summed E-state index contributed by atoms with van der Waals surface area (Å²) in [6.07, 6.45) is 0. The molecule has 1 amide bonds. The van der Waals surface area contributed by atoms with E-state index < -0.39 is 0 Å². The Labute approximate surface area is 142 Å². The molecule has 1 aliphatic heterocycles. The van der Waals surface area contributed by atoms with Gasteiger partial charge < -0.3 is 16.0 Å². The molecule has 3 N–H and O–H groups in total. The minimum absolute atomic E-state index is 0.00767. The summed E-state index contributed by atoms with van der Waals surface area (Å²) < 4.78 is 0. The maximum absolute atomic E-state index is 12.6. The van der Waals surface area contributed by atoms with Gasteiger partial charge >= 0.3 is 0 Å². The molecule has 1 aliphatic rings. The molecule has 23 heavy (non-hydrogen) atoms. The second-order valence-corrected chi connectivity index (χ2v) is 6.17. The number of amides is 1. The third kappa shape index (κ3) is 3.51. The molecule has 0 bridgehead atoms. The number of anilines is 1. The number of nitrogens with zero attached hydrogens (tertiary/aromatic N) is 1. The van der Waals surface area contributed by atoms with E-state index in [9.17, 15) is 4.79 Å². The van der Waals surface area contributed by atoms with Crippen LogP contribution in [0.15, 0.2) is 48.5 Å². The molecule has 1 unspecified atom stereocenters. The number of carbonyl (C=O) groups is 1. The van der Waals surface area contributed by atoms with Crippen molar-refractivity contribution in [1.82, 2.24) is 4.90 Å². The van der Waals surface area contributed by atoms with Crippen LogP contribution >= 0.6 is 12.6 Å². The summed E-state index contributed by atoms with van der Waals surface area (Å²) in [7, 11) is 0. The van der Waals surface area contributed by atoms with E-state index in [1.807, 2.05) is 53.4 Å². The zero-order chi connectivity index (χ0) is 16.2. The molecule has 0 saturated carbocycles. The van der Waals surface area contributed by atoms with Gasteiger partial charge in [-0.05, 0) is 17.7 Å². The molecule has 3 rings (SSSR count). The Bertz CT molecular complexity index is 690. The number of hydrogen-bond donors (Lipinski definition) is 3. The highest BCUT2D eigenvalue weighted by Crippen LogP contribution is 2.30. The van der Waals surface area contributed by atoms with Crippen molar-refractivity contribution in [3.63, 3.8) is 0 Å².